The molecular formula is C20H37N7O. The standard InChI is InChI=1S/C20H37N7O/c1-21-20(22-12-7-13-26(2)17-8-5-4-6-9-17)23-16-10-11-19-24-18(15-28-3)25-27(19)14-16/h16-17H,4-15H2,1-3H3,(H2,21,22,23). The van der Waals surface area contributed by atoms with Gasteiger partial charge in [-0.2, -0.15) is 5.10 Å². The Balaban J connectivity index is 1.37. The number of hydrogen-bond donors (Lipinski definition) is 2. The first-order valence-electron chi connectivity index (χ1n) is 10.8. The summed E-state index contributed by atoms with van der Waals surface area (Å²) in [6.07, 6.45) is 10.0. The molecular weight excluding hydrogens is 354 g/mol. The van der Waals surface area contributed by atoms with Crippen LogP contribution in [0.1, 0.15) is 56.6 Å². The summed E-state index contributed by atoms with van der Waals surface area (Å²) in [6.45, 7) is 3.37. The van der Waals surface area contributed by atoms with E-state index in [0.29, 0.717) is 12.6 Å². The quantitative estimate of drug-likeness (QED) is 0.398. The summed E-state index contributed by atoms with van der Waals surface area (Å²) in [4.78, 5) is 11.5. The molecule has 1 aromatic rings. The molecule has 0 radical (unpaired) electrons. The maximum absolute atomic E-state index is 5.14. The summed E-state index contributed by atoms with van der Waals surface area (Å²) < 4.78 is 7.14. The van der Waals surface area contributed by atoms with Gasteiger partial charge in [-0.05, 0) is 39.3 Å². The van der Waals surface area contributed by atoms with Gasteiger partial charge < -0.3 is 20.3 Å². The van der Waals surface area contributed by atoms with Crippen molar-refractivity contribution in [3.8, 4) is 0 Å². The normalized spacial score (nSPS) is 21.0. The minimum atomic E-state index is 0.320. The van der Waals surface area contributed by atoms with Gasteiger partial charge in [-0.3, -0.25) is 4.99 Å². The maximum atomic E-state index is 5.14. The molecule has 8 nitrogen and oxygen atoms in total. The lowest BCUT2D eigenvalue weighted by Crippen LogP contribution is -2.47. The van der Waals surface area contributed by atoms with Crippen molar-refractivity contribution in [2.75, 3.05) is 34.3 Å². The van der Waals surface area contributed by atoms with E-state index in [9.17, 15) is 0 Å². The molecule has 8 heteroatoms. The number of aromatic nitrogens is 3. The molecule has 1 saturated carbocycles. The Morgan fingerprint density at radius 2 is 2.11 bits per heavy atom. The van der Waals surface area contributed by atoms with Crippen molar-refractivity contribution in [2.24, 2.45) is 4.99 Å². The number of hydrogen-bond acceptors (Lipinski definition) is 5. The second-order valence-electron chi connectivity index (χ2n) is 8.06. The highest BCUT2D eigenvalue weighted by molar-refractivity contribution is 5.79. The Morgan fingerprint density at radius 3 is 2.86 bits per heavy atom. The first kappa shape index (κ1) is 21.0. The largest absolute Gasteiger partial charge is 0.377 e. The van der Waals surface area contributed by atoms with Crippen LogP contribution in [-0.4, -0.2) is 72.0 Å². The lowest BCUT2D eigenvalue weighted by Gasteiger charge is -2.31. The molecule has 2 N–H and O–H groups in total. The third-order valence-corrected chi connectivity index (χ3v) is 5.92. The second kappa shape index (κ2) is 10.8. The molecule has 1 unspecified atom stereocenters. The molecule has 1 fully saturated rings. The molecule has 0 bridgehead atoms. The average molecular weight is 392 g/mol. The van der Waals surface area contributed by atoms with Crippen LogP contribution in [-0.2, 0) is 24.3 Å². The average Bonchev–Trinajstić information content (AvgIpc) is 3.12. The number of aliphatic imine (C=N–C) groups is 1. The summed E-state index contributed by atoms with van der Waals surface area (Å²) in [5, 5.41) is 11.6. The van der Waals surface area contributed by atoms with Crippen molar-refractivity contribution in [1.82, 2.24) is 30.3 Å². The van der Waals surface area contributed by atoms with Crippen LogP contribution < -0.4 is 10.6 Å². The Morgan fingerprint density at radius 1 is 1.29 bits per heavy atom. The zero-order chi connectivity index (χ0) is 19.8. The molecule has 1 atom stereocenters. The van der Waals surface area contributed by atoms with Crippen LogP contribution in [0.4, 0.5) is 0 Å². The molecule has 1 aliphatic carbocycles. The number of nitrogens with one attached hydrogen (secondary N) is 2. The van der Waals surface area contributed by atoms with E-state index in [-0.39, 0.29) is 0 Å². The Bertz CT molecular complexity index is 624. The zero-order valence-corrected chi connectivity index (χ0v) is 17.8. The SMILES string of the molecule is CN=C(NCCCN(C)C1CCCCC1)NC1CCc2nc(COC)nn2C1. The number of aryl methyl sites for hydroxylation is 1. The highest BCUT2D eigenvalue weighted by atomic mass is 16.5. The summed E-state index contributed by atoms with van der Waals surface area (Å²) in [7, 11) is 5.79. The van der Waals surface area contributed by atoms with Crippen LogP contribution in [0.15, 0.2) is 4.99 Å². The maximum Gasteiger partial charge on any atom is 0.191 e. The van der Waals surface area contributed by atoms with Gasteiger partial charge in [-0.1, -0.05) is 19.3 Å². The summed E-state index contributed by atoms with van der Waals surface area (Å²) in [5.74, 6) is 2.70. The Hall–Kier alpha value is -1.67. The van der Waals surface area contributed by atoms with E-state index in [0.717, 1.165) is 62.5 Å². The van der Waals surface area contributed by atoms with Crippen LogP contribution in [0.2, 0.25) is 0 Å². The minimum absolute atomic E-state index is 0.320. The first-order valence-corrected chi connectivity index (χ1v) is 10.8. The fraction of sp³-hybridized carbons (Fsp3) is 0.850. The van der Waals surface area contributed by atoms with E-state index >= 15 is 0 Å². The predicted molar refractivity (Wildman–Crippen MR) is 111 cm³/mol. The van der Waals surface area contributed by atoms with Crippen molar-refractivity contribution >= 4 is 5.96 Å². The highest BCUT2D eigenvalue weighted by Gasteiger charge is 2.22. The molecule has 2 aliphatic rings. The lowest BCUT2D eigenvalue weighted by molar-refractivity contribution is 0.177. The lowest BCUT2D eigenvalue weighted by atomic mass is 9.94. The van der Waals surface area contributed by atoms with Gasteiger partial charge in [0.2, 0.25) is 0 Å². The first-order chi connectivity index (χ1) is 13.7. The van der Waals surface area contributed by atoms with Gasteiger partial charge >= 0.3 is 0 Å². The van der Waals surface area contributed by atoms with Crippen LogP contribution in [0, 0.1) is 0 Å². The summed E-state index contributed by atoms with van der Waals surface area (Å²) in [6, 6.07) is 1.11. The van der Waals surface area contributed by atoms with E-state index in [4.69, 9.17) is 4.74 Å². The third kappa shape index (κ3) is 5.91. The van der Waals surface area contributed by atoms with E-state index in [1.807, 2.05) is 11.7 Å². The van der Waals surface area contributed by atoms with E-state index in [1.165, 1.54) is 32.1 Å². The fourth-order valence-electron chi connectivity index (χ4n) is 4.30. The molecule has 2 heterocycles. The van der Waals surface area contributed by atoms with Crippen LogP contribution in [0.5, 0.6) is 0 Å². The Labute approximate surface area is 169 Å². The van der Waals surface area contributed by atoms with Gasteiger partial charge in [0.05, 0.1) is 6.54 Å². The van der Waals surface area contributed by atoms with Gasteiger partial charge in [0.25, 0.3) is 0 Å². The van der Waals surface area contributed by atoms with Crippen LogP contribution in [0.3, 0.4) is 0 Å². The van der Waals surface area contributed by atoms with Crippen molar-refractivity contribution in [3.63, 3.8) is 0 Å². The van der Waals surface area contributed by atoms with Crippen LogP contribution >= 0.6 is 0 Å². The third-order valence-electron chi connectivity index (χ3n) is 5.92. The van der Waals surface area contributed by atoms with E-state index < -0.39 is 0 Å². The smallest absolute Gasteiger partial charge is 0.191 e. The molecule has 1 aliphatic heterocycles. The van der Waals surface area contributed by atoms with Gasteiger partial charge in [-0.15, -0.1) is 0 Å². The van der Waals surface area contributed by atoms with Crippen molar-refractivity contribution < 1.29 is 4.74 Å². The van der Waals surface area contributed by atoms with Gasteiger partial charge in [0.15, 0.2) is 11.8 Å². The van der Waals surface area contributed by atoms with Gasteiger partial charge in [0, 0.05) is 39.2 Å². The molecule has 0 amide bonds. The predicted octanol–water partition coefficient (Wildman–Crippen LogP) is 1.56. The molecule has 0 saturated heterocycles. The van der Waals surface area contributed by atoms with Gasteiger partial charge in [-0.25, -0.2) is 9.67 Å². The van der Waals surface area contributed by atoms with E-state index in [2.05, 4.69) is 37.7 Å². The summed E-state index contributed by atoms with van der Waals surface area (Å²) >= 11 is 0. The van der Waals surface area contributed by atoms with E-state index in [1.54, 1.807) is 7.11 Å². The number of methoxy groups -OCH3 is 1. The number of guanidine groups is 1. The fourth-order valence-corrected chi connectivity index (χ4v) is 4.30. The summed E-state index contributed by atoms with van der Waals surface area (Å²) in [5.41, 5.74) is 0. The highest BCUT2D eigenvalue weighted by Crippen LogP contribution is 2.21. The number of fused-ring (bicyclic) bond motifs is 1. The van der Waals surface area contributed by atoms with Crippen molar-refractivity contribution in [3.05, 3.63) is 11.6 Å². The zero-order valence-electron chi connectivity index (χ0n) is 17.8. The molecule has 158 valence electrons. The molecule has 0 aromatic carbocycles. The molecule has 0 spiro atoms. The van der Waals surface area contributed by atoms with Crippen molar-refractivity contribution in [2.45, 2.75) is 76.6 Å². The second-order valence-corrected chi connectivity index (χ2v) is 8.06. The molecule has 3 rings (SSSR count). The number of nitrogens with zero attached hydrogens (tertiary/aromatic N) is 5. The molecule has 28 heavy (non-hydrogen) atoms. The molecule has 1 aromatic heterocycles. The number of ether oxygens (including phenoxy) is 1. The van der Waals surface area contributed by atoms with Crippen molar-refractivity contribution in [1.29, 1.82) is 0 Å². The Kier molecular flexibility index (Phi) is 8.09. The number of rotatable bonds is 8. The monoisotopic (exact) mass is 391 g/mol. The minimum Gasteiger partial charge on any atom is -0.377 e. The van der Waals surface area contributed by atoms with Gasteiger partial charge in [0.1, 0.15) is 12.4 Å². The topological polar surface area (TPSA) is 79.6 Å². The van der Waals surface area contributed by atoms with Crippen LogP contribution in [0.25, 0.3) is 0 Å².